The van der Waals surface area contributed by atoms with Gasteiger partial charge in [0.2, 0.25) is 5.91 Å². The van der Waals surface area contributed by atoms with Crippen LogP contribution in [0.4, 0.5) is 4.79 Å². The Labute approximate surface area is 117 Å². The van der Waals surface area contributed by atoms with E-state index in [1.165, 1.54) is 6.92 Å². The summed E-state index contributed by atoms with van der Waals surface area (Å²) in [5.74, 6) is -1.30. The fourth-order valence-corrected chi connectivity index (χ4v) is 1.99. The molecule has 8 nitrogen and oxygen atoms in total. The summed E-state index contributed by atoms with van der Waals surface area (Å²) in [7, 11) is 0. The number of carbonyl (C=O) groups is 3. The maximum absolute atomic E-state index is 11.9. The Kier molecular flexibility index (Phi) is 6.23. The van der Waals surface area contributed by atoms with E-state index in [4.69, 9.17) is 10.2 Å². The first kappa shape index (κ1) is 16.2. The summed E-state index contributed by atoms with van der Waals surface area (Å²) >= 11 is 0. The van der Waals surface area contributed by atoms with E-state index in [1.807, 2.05) is 0 Å². The number of aliphatic hydroxyl groups excluding tert-OH is 1. The van der Waals surface area contributed by atoms with Crippen molar-refractivity contribution in [2.24, 2.45) is 0 Å². The summed E-state index contributed by atoms with van der Waals surface area (Å²) in [6.07, 6.45) is -0.785. The standard InChI is InChI=1S/C12H21N3O5/c1-9(16)14-5-2-6-15(8-7-14)12(20)13-4-3-10(17)11(18)19/h10,17H,2-8H2,1H3,(H,13,20)(H,18,19)/t10-/m0/s1. The highest BCUT2D eigenvalue weighted by Crippen LogP contribution is 2.03. The van der Waals surface area contributed by atoms with Crippen molar-refractivity contribution in [1.82, 2.24) is 15.1 Å². The third kappa shape index (κ3) is 5.04. The average Bonchev–Trinajstić information content (AvgIpc) is 2.63. The molecule has 1 aliphatic rings. The maximum atomic E-state index is 11.9. The van der Waals surface area contributed by atoms with Crippen LogP contribution in [0, 0.1) is 0 Å². The molecule has 1 rings (SSSR count). The smallest absolute Gasteiger partial charge is 0.332 e. The summed E-state index contributed by atoms with van der Waals surface area (Å²) in [5.41, 5.74) is 0. The van der Waals surface area contributed by atoms with E-state index in [0.717, 1.165) is 0 Å². The molecule has 20 heavy (non-hydrogen) atoms. The van der Waals surface area contributed by atoms with E-state index in [-0.39, 0.29) is 24.9 Å². The van der Waals surface area contributed by atoms with Gasteiger partial charge in [0, 0.05) is 46.1 Å². The number of rotatable bonds is 4. The molecule has 3 N–H and O–H groups in total. The van der Waals surface area contributed by atoms with Crippen LogP contribution >= 0.6 is 0 Å². The van der Waals surface area contributed by atoms with Crippen molar-refractivity contribution >= 4 is 17.9 Å². The number of carboxylic acids is 1. The van der Waals surface area contributed by atoms with Crippen LogP contribution in [-0.4, -0.2) is 76.7 Å². The molecule has 1 heterocycles. The van der Waals surface area contributed by atoms with Crippen LogP contribution in [0.5, 0.6) is 0 Å². The van der Waals surface area contributed by atoms with Crippen molar-refractivity contribution in [3.8, 4) is 0 Å². The zero-order valence-electron chi connectivity index (χ0n) is 11.5. The molecule has 0 bridgehead atoms. The van der Waals surface area contributed by atoms with Crippen LogP contribution in [0.25, 0.3) is 0 Å². The Morgan fingerprint density at radius 1 is 1.15 bits per heavy atom. The minimum Gasteiger partial charge on any atom is -0.479 e. The predicted molar refractivity (Wildman–Crippen MR) is 70.1 cm³/mol. The van der Waals surface area contributed by atoms with Gasteiger partial charge in [-0.05, 0) is 6.42 Å². The van der Waals surface area contributed by atoms with Crippen LogP contribution in [-0.2, 0) is 9.59 Å². The molecule has 1 atom stereocenters. The molecule has 0 aliphatic carbocycles. The van der Waals surface area contributed by atoms with Crippen LogP contribution in [0.3, 0.4) is 0 Å². The van der Waals surface area contributed by atoms with Gasteiger partial charge in [-0.1, -0.05) is 0 Å². The normalized spacial score (nSPS) is 17.3. The molecule has 0 aromatic rings. The lowest BCUT2D eigenvalue weighted by atomic mass is 10.2. The number of aliphatic hydroxyl groups is 1. The molecular formula is C12H21N3O5. The molecule has 0 unspecified atom stereocenters. The van der Waals surface area contributed by atoms with Gasteiger partial charge >= 0.3 is 12.0 Å². The molecule has 1 fully saturated rings. The molecular weight excluding hydrogens is 266 g/mol. The minimum atomic E-state index is -1.47. The zero-order chi connectivity index (χ0) is 15.1. The second-order valence-corrected chi connectivity index (χ2v) is 4.72. The fourth-order valence-electron chi connectivity index (χ4n) is 1.99. The summed E-state index contributed by atoms with van der Waals surface area (Å²) in [6, 6.07) is -0.298. The van der Waals surface area contributed by atoms with E-state index >= 15 is 0 Å². The van der Waals surface area contributed by atoms with Gasteiger partial charge in [-0.15, -0.1) is 0 Å². The quantitative estimate of drug-likeness (QED) is 0.620. The molecule has 0 spiro atoms. The molecule has 1 aliphatic heterocycles. The third-order valence-electron chi connectivity index (χ3n) is 3.21. The molecule has 0 aromatic heterocycles. The maximum Gasteiger partial charge on any atom is 0.332 e. The number of aliphatic carboxylic acids is 1. The summed E-state index contributed by atoms with van der Waals surface area (Å²) in [4.78, 5) is 36.8. The molecule has 0 radical (unpaired) electrons. The molecule has 3 amide bonds. The van der Waals surface area contributed by atoms with Crippen LogP contribution in [0.2, 0.25) is 0 Å². The van der Waals surface area contributed by atoms with E-state index < -0.39 is 12.1 Å². The summed E-state index contributed by atoms with van der Waals surface area (Å²) in [5, 5.41) is 20.2. The van der Waals surface area contributed by atoms with Gasteiger partial charge in [-0.25, -0.2) is 9.59 Å². The Morgan fingerprint density at radius 3 is 2.35 bits per heavy atom. The lowest BCUT2D eigenvalue weighted by Crippen LogP contribution is -2.43. The lowest BCUT2D eigenvalue weighted by Gasteiger charge is -2.21. The van der Waals surface area contributed by atoms with Crippen molar-refractivity contribution in [1.29, 1.82) is 0 Å². The van der Waals surface area contributed by atoms with Crippen molar-refractivity contribution in [3.05, 3.63) is 0 Å². The Balaban J connectivity index is 2.33. The number of carbonyl (C=O) groups excluding carboxylic acids is 2. The van der Waals surface area contributed by atoms with E-state index in [0.29, 0.717) is 32.6 Å². The highest BCUT2D eigenvalue weighted by atomic mass is 16.4. The van der Waals surface area contributed by atoms with E-state index in [1.54, 1.807) is 9.80 Å². The van der Waals surface area contributed by atoms with E-state index in [9.17, 15) is 14.4 Å². The summed E-state index contributed by atoms with van der Waals surface area (Å²) < 4.78 is 0. The summed E-state index contributed by atoms with van der Waals surface area (Å²) in [6.45, 7) is 3.74. The predicted octanol–water partition coefficient (Wildman–Crippen LogP) is -0.914. The van der Waals surface area contributed by atoms with Gasteiger partial charge in [0.1, 0.15) is 0 Å². The number of hydrogen-bond acceptors (Lipinski definition) is 4. The highest BCUT2D eigenvalue weighted by Gasteiger charge is 2.20. The average molecular weight is 287 g/mol. The SMILES string of the molecule is CC(=O)N1CCCN(C(=O)NCC[C@H](O)C(=O)O)CC1. The number of urea groups is 1. The Morgan fingerprint density at radius 2 is 1.75 bits per heavy atom. The number of amides is 3. The monoisotopic (exact) mass is 287 g/mol. The van der Waals surface area contributed by atoms with Gasteiger partial charge in [-0.3, -0.25) is 4.79 Å². The highest BCUT2D eigenvalue weighted by molar-refractivity contribution is 5.75. The Hall–Kier alpha value is -1.83. The molecule has 114 valence electrons. The first-order valence-corrected chi connectivity index (χ1v) is 6.61. The Bertz CT molecular complexity index is 374. The topological polar surface area (TPSA) is 110 Å². The largest absolute Gasteiger partial charge is 0.479 e. The zero-order valence-corrected chi connectivity index (χ0v) is 11.5. The van der Waals surface area contributed by atoms with Gasteiger partial charge in [0.05, 0.1) is 0 Å². The lowest BCUT2D eigenvalue weighted by molar-refractivity contribution is -0.146. The van der Waals surface area contributed by atoms with Gasteiger partial charge in [0.25, 0.3) is 0 Å². The first-order valence-electron chi connectivity index (χ1n) is 6.61. The third-order valence-corrected chi connectivity index (χ3v) is 3.21. The molecule has 8 heteroatoms. The molecule has 1 saturated heterocycles. The van der Waals surface area contributed by atoms with Gasteiger partial charge in [-0.2, -0.15) is 0 Å². The second-order valence-electron chi connectivity index (χ2n) is 4.72. The van der Waals surface area contributed by atoms with Crippen LogP contribution in [0.1, 0.15) is 19.8 Å². The first-order chi connectivity index (χ1) is 9.41. The number of carboxylic acid groups (broad SMARTS) is 1. The minimum absolute atomic E-state index is 0.00293. The molecule has 0 saturated carbocycles. The van der Waals surface area contributed by atoms with Crippen molar-refractivity contribution in [3.63, 3.8) is 0 Å². The fraction of sp³-hybridized carbons (Fsp3) is 0.750. The van der Waals surface area contributed by atoms with Gasteiger partial charge in [0.15, 0.2) is 6.10 Å². The van der Waals surface area contributed by atoms with Crippen molar-refractivity contribution in [2.45, 2.75) is 25.9 Å². The van der Waals surface area contributed by atoms with Crippen molar-refractivity contribution in [2.75, 3.05) is 32.7 Å². The van der Waals surface area contributed by atoms with Gasteiger partial charge < -0.3 is 25.3 Å². The number of nitrogens with one attached hydrogen (secondary N) is 1. The van der Waals surface area contributed by atoms with Crippen LogP contribution in [0.15, 0.2) is 0 Å². The molecule has 0 aromatic carbocycles. The number of nitrogens with zero attached hydrogens (tertiary/aromatic N) is 2. The van der Waals surface area contributed by atoms with Crippen LogP contribution < -0.4 is 5.32 Å². The number of hydrogen-bond donors (Lipinski definition) is 3. The van der Waals surface area contributed by atoms with E-state index in [2.05, 4.69) is 5.32 Å². The van der Waals surface area contributed by atoms with Crippen molar-refractivity contribution < 1.29 is 24.6 Å². The second kappa shape index (κ2) is 7.68.